The summed E-state index contributed by atoms with van der Waals surface area (Å²) < 4.78 is 0. The van der Waals surface area contributed by atoms with Crippen molar-refractivity contribution >= 4 is 5.91 Å². The Labute approximate surface area is 53.3 Å². The molecule has 0 aliphatic carbocycles. The molecule has 0 heterocycles. The first-order chi connectivity index (χ1) is 4.30. The zero-order valence-corrected chi connectivity index (χ0v) is 4.79. The minimum absolute atomic E-state index is 0.428. The second kappa shape index (κ2) is 2.31. The van der Waals surface area contributed by atoms with E-state index in [0.717, 1.165) is 0 Å². The summed E-state index contributed by atoms with van der Waals surface area (Å²) in [6.07, 6.45) is 0. The molecule has 0 aromatic heterocycles. The van der Waals surface area contributed by atoms with E-state index in [0.29, 0.717) is 5.56 Å². The lowest BCUT2D eigenvalue weighted by Gasteiger charge is -1.88. The number of carbonyl (C=O) groups excluding carboxylic acids is 1. The number of carbonyl (C=O) groups is 1. The zero-order chi connectivity index (χ0) is 6.69. The predicted octanol–water partition coefficient (Wildman–Crippen LogP) is 0.586. The second-order valence-corrected chi connectivity index (χ2v) is 1.64. The first kappa shape index (κ1) is 5.82. The minimum Gasteiger partial charge on any atom is -0.366 e. The Morgan fingerprint density at radius 1 is 1.56 bits per heavy atom. The molecular weight excluding hydrogens is 114 g/mol. The third-order valence-corrected chi connectivity index (χ3v) is 0.975. The van der Waals surface area contributed by atoms with Crippen molar-refractivity contribution in [1.82, 2.24) is 0 Å². The van der Waals surface area contributed by atoms with Crippen molar-refractivity contribution in [2.45, 2.75) is 0 Å². The Bertz CT molecular complexity index is 205. The van der Waals surface area contributed by atoms with Crippen LogP contribution in [-0.4, -0.2) is 5.91 Å². The van der Waals surface area contributed by atoms with E-state index in [-0.39, 0.29) is 0 Å². The minimum atomic E-state index is -0.435. The maximum absolute atomic E-state index is 10.4. The van der Waals surface area contributed by atoms with Gasteiger partial charge in [-0.1, -0.05) is 18.2 Å². The highest BCUT2D eigenvalue weighted by molar-refractivity contribution is 5.92. The van der Waals surface area contributed by atoms with Gasteiger partial charge in [-0.05, 0) is 12.1 Å². The molecule has 2 N–H and O–H groups in total. The third kappa shape index (κ3) is 1.29. The van der Waals surface area contributed by atoms with Crippen LogP contribution in [0.5, 0.6) is 0 Å². The van der Waals surface area contributed by atoms with E-state index in [1.54, 1.807) is 24.3 Å². The maximum atomic E-state index is 10.4. The fraction of sp³-hybridized carbons (Fsp3) is 0. The van der Waals surface area contributed by atoms with Gasteiger partial charge in [0.25, 0.3) is 0 Å². The molecule has 0 atom stereocenters. The van der Waals surface area contributed by atoms with Gasteiger partial charge >= 0.3 is 0 Å². The van der Waals surface area contributed by atoms with E-state index < -0.39 is 5.91 Å². The topological polar surface area (TPSA) is 43.1 Å². The Morgan fingerprint density at radius 2 is 2.33 bits per heavy atom. The van der Waals surface area contributed by atoms with Gasteiger partial charge in [-0.2, -0.15) is 0 Å². The summed E-state index contributed by atoms with van der Waals surface area (Å²) in [7, 11) is 0. The van der Waals surface area contributed by atoms with Gasteiger partial charge in [0.05, 0.1) is 0 Å². The van der Waals surface area contributed by atoms with Crippen LogP contribution in [0, 0.1) is 6.07 Å². The van der Waals surface area contributed by atoms with Crippen molar-refractivity contribution in [3.05, 3.63) is 35.9 Å². The average Bonchev–Trinajstić information content (AvgIpc) is 1.90. The molecule has 2 nitrogen and oxygen atoms in total. The molecule has 0 saturated heterocycles. The SMILES string of the molecule is NC(=O)c1[c]cccc1. The van der Waals surface area contributed by atoms with Gasteiger partial charge in [0.15, 0.2) is 0 Å². The van der Waals surface area contributed by atoms with Crippen LogP contribution in [0.1, 0.15) is 10.4 Å². The monoisotopic (exact) mass is 120 g/mol. The Hall–Kier alpha value is -1.31. The van der Waals surface area contributed by atoms with E-state index in [4.69, 9.17) is 5.73 Å². The van der Waals surface area contributed by atoms with Gasteiger partial charge in [-0.3, -0.25) is 4.79 Å². The number of hydrogen-bond donors (Lipinski definition) is 1. The number of benzene rings is 1. The first-order valence-electron chi connectivity index (χ1n) is 2.57. The highest BCUT2D eigenvalue weighted by Gasteiger charge is 1.94. The van der Waals surface area contributed by atoms with Crippen LogP contribution in [0.2, 0.25) is 0 Å². The molecule has 0 aliphatic rings. The molecule has 2 heteroatoms. The number of rotatable bonds is 1. The van der Waals surface area contributed by atoms with Crippen molar-refractivity contribution in [1.29, 1.82) is 0 Å². The molecule has 45 valence electrons. The smallest absolute Gasteiger partial charge is 0.249 e. The zero-order valence-electron chi connectivity index (χ0n) is 4.79. The first-order valence-corrected chi connectivity index (χ1v) is 2.57. The lowest BCUT2D eigenvalue weighted by Crippen LogP contribution is -2.10. The molecule has 1 amide bonds. The summed E-state index contributed by atoms with van der Waals surface area (Å²) in [4.78, 5) is 10.4. The van der Waals surface area contributed by atoms with Crippen molar-refractivity contribution in [3.63, 3.8) is 0 Å². The fourth-order valence-electron chi connectivity index (χ4n) is 0.547. The van der Waals surface area contributed by atoms with Crippen molar-refractivity contribution in [3.8, 4) is 0 Å². The second-order valence-electron chi connectivity index (χ2n) is 1.64. The molecule has 1 rings (SSSR count). The van der Waals surface area contributed by atoms with Crippen LogP contribution >= 0.6 is 0 Å². The molecule has 0 fully saturated rings. The third-order valence-electron chi connectivity index (χ3n) is 0.975. The normalized spacial score (nSPS) is 8.89. The van der Waals surface area contributed by atoms with E-state index in [9.17, 15) is 4.79 Å². The molecule has 0 spiro atoms. The van der Waals surface area contributed by atoms with Gasteiger partial charge in [0.2, 0.25) is 5.91 Å². The van der Waals surface area contributed by atoms with Gasteiger partial charge in [-0.25, -0.2) is 0 Å². The molecule has 1 radical (unpaired) electrons. The molecular formula is C7H6NO. The highest BCUT2D eigenvalue weighted by atomic mass is 16.1. The standard InChI is InChI=1S/C7H6NO/c8-7(9)6-4-2-1-3-5-6/h1-4H,(H2,8,9). The summed E-state index contributed by atoms with van der Waals surface area (Å²) in [6.45, 7) is 0. The molecule has 9 heavy (non-hydrogen) atoms. The Balaban J connectivity index is 2.98. The van der Waals surface area contributed by atoms with Gasteiger partial charge in [-0.15, -0.1) is 0 Å². The lowest BCUT2D eigenvalue weighted by molar-refractivity contribution is 0.1000. The fourth-order valence-corrected chi connectivity index (χ4v) is 0.547. The maximum Gasteiger partial charge on any atom is 0.249 e. The van der Waals surface area contributed by atoms with Gasteiger partial charge in [0.1, 0.15) is 0 Å². The molecule has 1 aromatic rings. The van der Waals surface area contributed by atoms with Crippen LogP contribution < -0.4 is 5.73 Å². The number of amides is 1. The van der Waals surface area contributed by atoms with Crippen LogP contribution in [0.25, 0.3) is 0 Å². The quantitative estimate of drug-likeness (QED) is 0.579. The largest absolute Gasteiger partial charge is 0.366 e. The van der Waals surface area contributed by atoms with Gasteiger partial charge < -0.3 is 5.73 Å². The van der Waals surface area contributed by atoms with Gasteiger partial charge in [0, 0.05) is 5.56 Å². The van der Waals surface area contributed by atoms with Crippen LogP contribution in [-0.2, 0) is 0 Å². The number of nitrogens with two attached hydrogens (primary N) is 1. The Morgan fingerprint density at radius 3 is 2.67 bits per heavy atom. The van der Waals surface area contributed by atoms with E-state index in [2.05, 4.69) is 6.07 Å². The van der Waals surface area contributed by atoms with Crippen molar-refractivity contribution in [2.24, 2.45) is 5.73 Å². The molecule has 0 unspecified atom stereocenters. The summed E-state index contributed by atoms with van der Waals surface area (Å²) >= 11 is 0. The predicted molar refractivity (Wildman–Crippen MR) is 33.8 cm³/mol. The lowest BCUT2D eigenvalue weighted by atomic mass is 10.2. The number of hydrogen-bond acceptors (Lipinski definition) is 1. The molecule has 0 aliphatic heterocycles. The van der Waals surface area contributed by atoms with Crippen molar-refractivity contribution < 1.29 is 4.79 Å². The number of primary amides is 1. The van der Waals surface area contributed by atoms with E-state index in [1.807, 2.05) is 0 Å². The average molecular weight is 120 g/mol. The summed E-state index contributed by atoms with van der Waals surface area (Å²) in [5, 5.41) is 0. The van der Waals surface area contributed by atoms with E-state index in [1.165, 1.54) is 0 Å². The van der Waals surface area contributed by atoms with Crippen LogP contribution in [0.3, 0.4) is 0 Å². The summed E-state index contributed by atoms with van der Waals surface area (Å²) in [5.41, 5.74) is 5.37. The van der Waals surface area contributed by atoms with Crippen LogP contribution in [0.15, 0.2) is 24.3 Å². The highest BCUT2D eigenvalue weighted by Crippen LogP contribution is 1.93. The Kier molecular flexibility index (Phi) is 1.49. The van der Waals surface area contributed by atoms with Crippen molar-refractivity contribution in [2.75, 3.05) is 0 Å². The molecule has 0 bridgehead atoms. The summed E-state index contributed by atoms with van der Waals surface area (Å²) in [5.74, 6) is -0.435. The van der Waals surface area contributed by atoms with E-state index >= 15 is 0 Å². The van der Waals surface area contributed by atoms with Crippen LogP contribution in [0.4, 0.5) is 0 Å². The summed E-state index contributed by atoms with van der Waals surface area (Å²) in [6, 6.07) is 9.50. The molecule has 0 saturated carbocycles. The molecule has 1 aromatic carbocycles.